The molecule has 1 fully saturated rings. The van der Waals surface area contributed by atoms with Gasteiger partial charge in [-0.05, 0) is 43.2 Å². The summed E-state index contributed by atoms with van der Waals surface area (Å²) in [7, 11) is 0. The Bertz CT molecular complexity index is 1010. The van der Waals surface area contributed by atoms with Gasteiger partial charge in [-0.3, -0.25) is 14.6 Å². The highest BCUT2D eigenvalue weighted by Crippen LogP contribution is 2.28. The van der Waals surface area contributed by atoms with Gasteiger partial charge in [0, 0.05) is 28.7 Å². The van der Waals surface area contributed by atoms with Crippen LogP contribution in [0.1, 0.15) is 23.2 Å². The van der Waals surface area contributed by atoms with Crippen molar-refractivity contribution in [3.05, 3.63) is 71.4 Å². The van der Waals surface area contributed by atoms with E-state index in [2.05, 4.69) is 10.3 Å². The zero-order valence-corrected chi connectivity index (χ0v) is 15.3. The van der Waals surface area contributed by atoms with Gasteiger partial charge in [0.25, 0.3) is 5.91 Å². The molecule has 0 bridgehead atoms. The monoisotopic (exact) mass is 379 g/mol. The minimum absolute atomic E-state index is 0.123. The van der Waals surface area contributed by atoms with E-state index < -0.39 is 6.04 Å². The summed E-state index contributed by atoms with van der Waals surface area (Å²) in [4.78, 5) is 31.7. The molecule has 2 aromatic carbocycles. The van der Waals surface area contributed by atoms with Gasteiger partial charge in [0.15, 0.2) is 0 Å². The second kappa shape index (κ2) is 7.37. The van der Waals surface area contributed by atoms with Crippen molar-refractivity contribution in [2.45, 2.75) is 18.9 Å². The van der Waals surface area contributed by atoms with Gasteiger partial charge in [0.1, 0.15) is 6.04 Å². The first-order chi connectivity index (χ1) is 13.1. The lowest BCUT2D eigenvalue weighted by Crippen LogP contribution is -2.43. The Morgan fingerprint density at radius 3 is 2.74 bits per heavy atom. The zero-order valence-electron chi connectivity index (χ0n) is 14.6. The molecule has 1 N–H and O–H groups in total. The zero-order chi connectivity index (χ0) is 18.8. The number of anilines is 1. The van der Waals surface area contributed by atoms with Crippen LogP contribution in [0.3, 0.4) is 0 Å². The van der Waals surface area contributed by atoms with Crippen molar-refractivity contribution in [3.8, 4) is 0 Å². The van der Waals surface area contributed by atoms with E-state index in [1.807, 2.05) is 30.3 Å². The van der Waals surface area contributed by atoms with E-state index >= 15 is 0 Å². The first kappa shape index (κ1) is 17.5. The SMILES string of the molecule is O=C(Nc1cc(Cl)cc2cccnc12)[C@@H]1CCCN1C(=O)c1ccccc1. The molecule has 1 aliphatic heterocycles. The lowest BCUT2D eigenvalue weighted by molar-refractivity contribution is -0.119. The number of benzene rings is 2. The third-order valence-electron chi connectivity index (χ3n) is 4.76. The fourth-order valence-electron chi connectivity index (χ4n) is 3.50. The predicted octanol–water partition coefficient (Wildman–Crippen LogP) is 4.13. The summed E-state index contributed by atoms with van der Waals surface area (Å²) in [5.41, 5.74) is 1.82. The fraction of sp³-hybridized carbons (Fsp3) is 0.190. The Morgan fingerprint density at radius 2 is 1.93 bits per heavy atom. The van der Waals surface area contributed by atoms with Crippen molar-refractivity contribution in [2.75, 3.05) is 11.9 Å². The second-order valence-corrected chi connectivity index (χ2v) is 6.98. The molecule has 1 aromatic heterocycles. The first-order valence-electron chi connectivity index (χ1n) is 8.84. The van der Waals surface area contributed by atoms with Gasteiger partial charge in [-0.1, -0.05) is 35.9 Å². The van der Waals surface area contributed by atoms with Crippen LogP contribution in [-0.4, -0.2) is 34.3 Å². The number of likely N-dealkylation sites (tertiary alicyclic amines) is 1. The van der Waals surface area contributed by atoms with Crippen molar-refractivity contribution >= 4 is 40.0 Å². The number of hydrogen-bond acceptors (Lipinski definition) is 3. The molecular formula is C21H18ClN3O2. The third kappa shape index (κ3) is 3.51. The number of nitrogens with zero attached hydrogens (tertiary/aromatic N) is 2. The molecule has 0 saturated carbocycles. The lowest BCUT2D eigenvalue weighted by atomic mass is 10.1. The molecule has 0 spiro atoms. The van der Waals surface area contributed by atoms with Crippen molar-refractivity contribution in [2.24, 2.45) is 0 Å². The fourth-order valence-corrected chi connectivity index (χ4v) is 3.72. The minimum Gasteiger partial charge on any atom is -0.327 e. The summed E-state index contributed by atoms with van der Waals surface area (Å²) in [6, 6.07) is 15.7. The van der Waals surface area contributed by atoms with E-state index in [9.17, 15) is 9.59 Å². The molecule has 2 heterocycles. The molecule has 27 heavy (non-hydrogen) atoms. The lowest BCUT2D eigenvalue weighted by Gasteiger charge is -2.24. The van der Waals surface area contributed by atoms with E-state index in [-0.39, 0.29) is 11.8 Å². The van der Waals surface area contributed by atoms with E-state index in [0.29, 0.717) is 34.8 Å². The van der Waals surface area contributed by atoms with Gasteiger partial charge in [-0.2, -0.15) is 0 Å². The van der Waals surface area contributed by atoms with Crippen molar-refractivity contribution < 1.29 is 9.59 Å². The molecule has 1 atom stereocenters. The normalized spacial score (nSPS) is 16.5. The Morgan fingerprint density at radius 1 is 1.11 bits per heavy atom. The molecule has 0 radical (unpaired) electrons. The van der Waals surface area contributed by atoms with Crippen LogP contribution in [0.5, 0.6) is 0 Å². The average Bonchev–Trinajstić information content (AvgIpc) is 3.18. The molecule has 136 valence electrons. The molecule has 1 saturated heterocycles. The number of carbonyl (C=O) groups is 2. The van der Waals surface area contributed by atoms with Crippen molar-refractivity contribution in [1.29, 1.82) is 0 Å². The summed E-state index contributed by atoms with van der Waals surface area (Å²) in [5.74, 6) is -0.340. The van der Waals surface area contributed by atoms with Gasteiger partial charge in [0.2, 0.25) is 5.91 Å². The predicted molar refractivity (Wildman–Crippen MR) is 106 cm³/mol. The maximum absolute atomic E-state index is 12.9. The summed E-state index contributed by atoms with van der Waals surface area (Å²) in [6.45, 7) is 0.570. The molecule has 3 aromatic rings. The van der Waals surface area contributed by atoms with Gasteiger partial charge in [-0.25, -0.2) is 0 Å². The number of halogens is 1. The number of carbonyl (C=O) groups excluding carboxylic acids is 2. The highest BCUT2D eigenvalue weighted by molar-refractivity contribution is 6.32. The third-order valence-corrected chi connectivity index (χ3v) is 4.98. The van der Waals surface area contributed by atoms with Crippen molar-refractivity contribution in [1.82, 2.24) is 9.88 Å². The van der Waals surface area contributed by atoms with E-state index in [1.165, 1.54) is 0 Å². The maximum atomic E-state index is 12.9. The minimum atomic E-state index is -0.504. The Hall–Kier alpha value is -2.92. The van der Waals surface area contributed by atoms with Crippen LogP contribution < -0.4 is 5.32 Å². The van der Waals surface area contributed by atoms with Crippen LogP contribution in [0, 0.1) is 0 Å². The molecule has 1 aliphatic rings. The van der Waals surface area contributed by atoms with Crippen LogP contribution >= 0.6 is 11.6 Å². The number of nitrogens with one attached hydrogen (secondary N) is 1. The van der Waals surface area contributed by atoms with Crippen LogP contribution in [0.2, 0.25) is 5.02 Å². The van der Waals surface area contributed by atoms with Gasteiger partial charge >= 0.3 is 0 Å². The number of aromatic nitrogens is 1. The van der Waals surface area contributed by atoms with Crippen LogP contribution in [0.4, 0.5) is 5.69 Å². The number of fused-ring (bicyclic) bond motifs is 1. The standard InChI is InChI=1S/C21H18ClN3O2/c22-16-12-15-8-4-10-23-19(15)17(13-16)24-20(26)18-9-5-11-25(18)21(27)14-6-2-1-3-7-14/h1-4,6-8,10,12-13,18H,5,9,11H2,(H,24,26)/t18-/m0/s1. The van der Waals surface area contributed by atoms with Crippen LogP contribution in [0.15, 0.2) is 60.8 Å². The summed E-state index contributed by atoms with van der Waals surface area (Å²) in [6.07, 6.45) is 3.11. The van der Waals surface area contributed by atoms with Crippen LogP contribution in [0.25, 0.3) is 10.9 Å². The van der Waals surface area contributed by atoms with Gasteiger partial charge in [-0.15, -0.1) is 0 Å². The van der Waals surface area contributed by atoms with Crippen LogP contribution in [-0.2, 0) is 4.79 Å². The van der Waals surface area contributed by atoms with E-state index in [1.54, 1.807) is 35.4 Å². The summed E-state index contributed by atoms with van der Waals surface area (Å²) < 4.78 is 0. The topological polar surface area (TPSA) is 62.3 Å². The number of pyridine rings is 1. The molecule has 4 rings (SSSR count). The highest BCUT2D eigenvalue weighted by Gasteiger charge is 2.34. The number of hydrogen-bond donors (Lipinski definition) is 1. The Kier molecular flexibility index (Phi) is 4.77. The average molecular weight is 380 g/mol. The Balaban J connectivity index is 1.59. The van der Waals surface area contributed by atoms with Gasteiger partial charge < -0.3 is 10.2 Å². The summed E-state index contributed by atoms with van der Waals surface area (Å²) in [5, 5.41) is 4.30. The van der Waals surface area contributed by atoms with Crippen molar-refractivity contribution in [3.63, 3.8) is 0 Å². The Labute approximate surface area is 162 Å². The molecular weight excluding hydrogens is 362 g/mol. The molecule has 2 amide bonds. The number of amides is 2. The smallest absolute Gasteiger partial charge is 0.254 e. The maximum Gasteiger partial charge on any atom is 0.254 e. The van der Waals surface area contributed by atoms with Gasteiger partial charge in [0.05, 0.1) is 11.2 Å². The number of rotatable bonds is 3. The van der Waals surface area contributed by atoms with E-state index in [0.717, 1.165) is 11.8 Å². The summed E-state index contributed by atoms with van der Waals surface area (Å²) >= 11 is 6.18. The molecule has 5 nitrogen and oxygen atoms in total. The first-order valence-corrected chi connectivity index (χ1v) is 9.22. The second-order valence-electron chi connectivity index (χ2n) is 6.54. The quantitative estimate of drug-likeness (QED) is 0.744. The largest absolute Gasteiger partial charge is 0.327 e. The molecule has 0 unspecified atom stereocenters. The highest BCUT2D eigenvalue weighted by atomic mass is 35.5. The van der Waals surface area contributed by atoms with E-state index in [4.69, 9.17) is 11.6 Å². The molecule has 0 aliphatic carbocycles. The molecule has 6 heteroatoms.